The minimum Gasteiger partial charge on any atom is -0.369 e. The summed E-state index contributed by atoms with van der Waals surface area (Å²) >= 11 is 0. The summed E-state index contributed by atoms with van der Waals surface area (Å²) in [7, 11) is 0. The van der Waals surface area contributed by atoms with Crippen molar-refractivity contribution in [1.29, 1.82) is 0 Å². The highest BCUT2D eigenvalue weighted by Gasteiger charge is 2.31. The van der Waals surface area contributed by atoms with Gasteiger partial charge in [0, 0.05) is 11.1 Å². The van der Waals surface area contributed by atoms with Crippen molar-refractivity contribution in [3.05, 3.63) is 70.8 Å². The second-order valence-corrected chi connectivity index (χ2v) is 4.48. The van der Waals surface area contributed by atoms with Gasteiger partial charge in [0.2, 0.25) is 0 Å². The van der Waals surface area contributed by atoms with Crippen LogP contribution < -0.4 is 0 Å². The van der Waals surface area contributed by atoms with Gasteiger partial charge in [-0.05, 0) is 25.0 Å². The van der Waals surface area contributed by atoms with Gasteiger partial charge in [-0.3, -0.25) is 0 Å². The van der Waals surface area contributed by atoms with Gasteiger partial charge in [0.15, 0.2) is 5.60 Å². The van der Waals surface area contributed by atoms with Gasteiger partial charge in [-0.15, -0.1) is 6.42 Å². The van der Waals surface area contributed by atoms with Gasteiger partial charge in [-0.1, -0.05) is 54.5 Å². The molecule has 0 aliphatic heterocycles. The van der Waals surface area contributed by atoms with Crippen LogP contribution in [0.15, 0.2) is 48.5 Å². The highest BCUT2D eigenvalue weighted by Crippen LogP contribution is 2.32. The summed E-state index contributed by atoms with van der Waals surface area (Å²) in [6.07, 6.45) is 5.61. The van der Waals surface area contributed by atoms with Crippen LogP contribution in [0.5, 0.6) is 0 Å². The summed E-state index contributed by atoms with van der Waals surface area (Å²) in [6.45, 7) is 3.91. The zero-order valence-electron chi connectivity index (χ0n) is 10.6. The first kappa shape index (κ1) is 12.4. The number of benzene rings is 2. The average Bonchev–Trinajstić information content (AvgIpc) is 2.39. The minimum absolute atomic E-state index is 0.766. The third kappa shape index (κ3) is 1.92. The summed E-state index contributed by atoms with van der Waals surface area (Å²) in [5, 5.41) is 10.9. The third-order valence-electron chi connectivity index (χ3n) is 3.28. The first-order valence-electron chi connectivity index (χ1n) is 5.92. The molecule has 0 amide bonds. The quantitative estimate of drug-likeness (QED) is 0.794. The molecule has 1 heteroatoms. The Morgan fingerprint density at radius 3 is 1.61 bits per heavy atom. The van der Waals surface area contributed by atoms with Crippen LogP contribution in [0.1, 0.15) is 22.3 Å². The molecular weight excluding hydrogens is 220 g/mol. The van der Waals surface area contributed by atoms with Crippen molar-refractivity contribution >= 4 is 0 Å². The fourth-order valence-electron chi connectivity index (χ4n) is 2.26. The lowest BCUT2D eigenvalue weighted by atomic mass is 9.82. The van der Waals surface area contributed by atoms with Gasteiger partial charge in [0.1, 0.15) is 0 Å². The topological polar surface area (TPSA) is 20.2 Å². The lowest BCUT2D eigenvalue weighted by Gasteiger charge is -2.26. The first-order chi connectivity index (χ1) is 8.59. The fraction of sp³-hybridized carbons (Fsp3) is 0.176. The number of hydrogen-bond acceptors (Lipinski definition) is 1. The monoisotopic (exact) mass is 236 g/mol. The van der Waals surface area contributed by atoms with E-state index in [0.29, 0.717) is 0 Å². The van der Waals surface area contributed by atoms with Crippen LogP contribution in [0.3, 0.4) is 0 Å². The maximum atomic E-state index is 10.9. The summed E-state index contributed by atoms with van der Waals surface area (Å²) in [5.74, 6) is 2.55. The van der Waals surface area contributed by atoms with E-state index in [9.17, 15) is 5.11 Å². The fourth-order valence-corrected chi connectivity index (χ4v) is 2.26. The molecule has 0 saturated heterocycles. The maximum Gasteiger partial charge on any atom is 0.177 e. The summed E-state index contributed by atoms with van der Waals surface area (Å²) < 4.78 is 0. The van der Waals surface area contributed by atoms with E-state index >= 15 is 0 Å². The molecule has 0 spiro atoms. The molecule has 0 aliphatic rings. The molecule has 0 radical (unpaired) electrons. The SMILES string of the molecule is C#CC(O)(c1ccccc1C)c1ccccc1C. The highest BCUT2D eigenvalue weighted by molar-refractivity contribution is 5.49. The van der Waals surface area contributed by atoms with Crippen molar-refractivity contribution in [2.75, 3.05) is 0 Å². The zero-order chi connectivity index (χ0) is 13.2. The lowest BCUT2D eigenvalue weighted by molar-refractivity contribution is 0.144. The van der Waals surface area contributed by atoms with Gasteiger partial charge in [-0.25, -0.2) is 0 Å². The second-order valence-electron chi connectivity index (χ2n) is 4.48. The Bertz CT molecular complexity index is 560. The van der Waals surface area contributed by atoms with Crippen LogP contribution in [0, 0.1) is 26.2 Å². The second kappa shape index (κ2) is 4.68. The molecule has 2 aromatic carbocycles. The Labute approximate surface area is 108 Å². The van der Waals surface area contributed by atoms with Crippen molar-refractivity contribution in [1.82, 2.24) is 0 Å². The number of aryl methyl sites for hydroxylation is 2. The van der Waals surface area contributed by atoms with Crippen LogP contribution in [0.4, 0.5) is 0 Å². The standard InChI is InChI=1S/C17H16O/c1-4-17(18,15-11-7-5-9-13(15)2)16-12-8-6-10-14(16)3/h1,5-12,18H,2-3H3. The van der Waals surface area contributed by atoms with E-state index in [1.54, 1.807) is 0 Å². The van der Waals surface area contributed by atoms with Crippen molar-refractivity contribution in [3.8, 4) is 12.3 Å². The van der Waals surface area contributed by atoms with Gasteiger partial charge in [-0.2, -0.15) is 0 Å². The van der Waals surface area contributed by atoms with Crippen molar-refractivity contribution in [2.24, 2.45) is 0 Å². The van der Waals surface area contributed by atoms with E-state index in [4.69, 9.17) is 6.42 Å². The summed E-state index contributed by atoms with van der Waals surface area (Å²) in [4.78, 5) is 0. The minimum atomic E-state index is -1.36. The van der Waals surface area contributed by atoms with E-state index in [-0.39, 0.29) is 0 Å². The number of terminal acetylenes is 1. The molecule has 90 valence electrons. The smallest absolute Gasteiger partial charge is 0.177 e. The van der Waals surface area contributed by atoms with Gasteiger partial charge in [0.25, 0.3) is 0 Å². The molecule has 0 aliphatic carbocycles. The molecular formula is C17H16O. The van der Waals surface area contributed by atoms with E-state index in [1.165, 1.54) is 0 Å². The van der Waals surface area contributed by atoms with E-state index in [2.05, 4.69) is 5.92 Å². The van der Waals surface area contributed by atoms with Crippen LogP contribution in [-0.2, 0) is 5.60 Å². The molecule has 0 fully saturated rings. The van der Waals surface area contributed by atoms with E-state index < -0.39 is 5.60 Å². The van der Waals surface area contributed by atoms with Crippen LogP contribution in [-0.4, -0.2) is 5.11 Å². The Balaban J connectivity index is 2.68. The zero-order valence-corrected chi connectivity index (χ0v) is 10.6. The average molecular weight is 236 g/mol. The normalized spacial score (nSPS) is 11.0. The molecule has 0 heterocycles. The molecule has 0 saturated carbocycles. The largest absolute Gasteiger partial charge is 0.369 e. The number of rotatable bonds is 2. The molecule has 2 rings (SSSR count). The predicted molar refractivity (Wildman–Crippen MR) is 74.2 cm³/mol. The predicted octanol–water partition coefficient (Wildman–Crippen LogP) is 3.17. The molecule has 0 bridgehead atoms. The van der Waals surface area contributed by atoms with Gasteiger partial charge >= 0.3 is 0 Å². The van der Waals surface area contributed by atoms with Crippen LogP contribution >= 0.6 is 0 Å². The van der Waals surface area contributed by atoms with Crippen LogP contribution in [0.2, 0.25) is 0 Å². The third-order valence-corrected chi connectivity index (χ3v) is 3.28. The molecule has 1 N–H and O–H groups in total. The lowest BCUT2D eigenvalue weighted by Crippen LogP contribution is -2.27. The van der Waals surface area contributed by atoms with Crippen molar-refractivity contribution < 1.29 is 5.11 Å². The summed E-state index contributed by atoms with van der Waals surface area (Å²) in [6, 6.07) is 15.3. The first-order valence-corrected chi connectivity index (χ1v) is 5.92. The molecule has 0 unspecified atom stereocenters. The van der Waals surface area contributed by atoms with Crippen molar-refractivity contribution in [3.63, 3.8) is 0 Å². The van der Waals surface area contributed by atoms with E-state index in [0.717, 1.165) is 22.3 Å². The Kier molecular flexibility index (Phi) is 3.23. The molecule has 18 heavy (non-hydrogen) atoms. The number of hydrogen-bond donors (Lipinski definition) is 1. The Morgan fingerprint density at radius 1 is 0.889 bits per heavy atom. The Hall–Kier alpha value is -2.04. The van der Waals surface area contributed by atoms with Crippen LogP contribution in [0.25, 0.3) is 0 Å². The van der Waals surface area contributed by atoms with Gasteiger partial charge in [0.05, 0.1) is 0 Å². The molecule has 0 aromatic heterocycles. The molecule has 0 atom stereocenters. The molecule has 1 nitrogen and oxygen atoms in total. The van der Waals surface area contributed by atoms with Gasteiger partial charge < -0.3 is 5.11 Å². The molecule has 2 aromatic rings. The van der Waals surface area contributed by atoms with Crippen molar-refractivity contribution in [2.45, 2.75) is 19.4 Å². The van der Waals surface area contributed by atoms with E-state index in [1.807, 2.05) is 62.4 Å². The summed E-state index contributed by atoms with van der Waals surface area (Å²) in [5.41, 5.74) is 2.14. The highest BCUT2D eigenvalue weighted by atomic mass is 16.3. The Morgan fingerprint density at radius 2 is 1.28 bits per heavy atom. The number of aliphatic hydroxyl groups is 1. The maximum absolute atomic E-state index is 10.9.